The van der Waals surface area contributed by atoms with Crippen molar-refractivity contribution in [2.24, 2.45) is 0 Å². The first-order valence-electron chi connectivity index (χ1n) is 8.86. The van der Waals surface area contributed by atoms with Crippen LogP contribution < -0.4 is 4.74 Å². The molecule has 1 aliphatic rings. The molecule has 4 rings (SSSR count). The fourth-order valence-corrected chi connectivity index (χ4v) is 3.61. The second kappa shape index (κ2) is 7.04. The number of carbonyl (C=O) groups is 1. The summed E-state index contributed by atoms with van der Waals surface area (Å²) in [5.41, 5.74) is 4.93. The van der Waals surface area contributed by atoms with Crippen LogP contribution in [0, 0.1) is 0 Å². The molecule has 0 saturated carbocycles. The van der Waals surface area contributed by atoms with Crippen molar-refractivity contribution >= 4 is 5.91 Å². The molecule has 0 saturated heterocycles. The van der Waals surface area contributed by atoms with E-state index < -0.39 is 0 Å². The molecule has 0 unspecified atom stereocenters. The molecule has 1 amide bonds. The summed E-state index contributed by atoms with van der Waals surface area (Å²) in [6, 6.07) is 24.2. The molecule has 3 nitrogen and oxygen atoms in total. The van der Waals surface area contributed by atoms with Crippen molar-refractivity contribution in [1.29, 1.82) is 0 Å². The summed E-state index contributed by atoms with van der Waals surface area (Å²) in [5, 5.41) is 0. The third kappa shape index (κ3) is 2.97. The number of rotatable bonds is 4. The number of hydrogen-bond acceptors (Lipinski definition) is 2. The smallest absolute Gasteiger partial charge is 0.255 e. The molecule has 3 aromatic carbocycles. The van der Waals surface area contributed by atoms with E-state index in [0.29, 0.717) is 6.54 Å². The minimum Gasteiger partial charge on any atom is -0.496 e. The third-order valence-electron chi connectivity index (χ3n) is 4.90. The molecule has 0 bridgehead atoms. The minimum absolute atomic E-state index is 0.0767. The van der Waals surface area contributed by atoms with Crippen LogP contribution in [0.1, 0.15) is 21.5 Å². The lowest BCUT2D eigenvalue weighted by Gasteiger charge is -2.31. The molecular weight excluding hydrogens is 322 g/mol. The molecule has 26 heavy (non-hydrogen) atoms. The number of fused-ring (bicyclic) bond motifs is 1. The topological polar surface area (TPSA) is 29.5 Å². The van der Waals surface area contributed by atoms with Crippen LogP contribution in [0.5, 0.6) is 5.75 Å². The first kappa shape index (κ1) is 16.4. The Morgan fingerprint density at radius 3 is 2.27 bits per heavy atom. The van der Waals surface area contributed by atoms with Gasteiger partial charge < -0.3 is 9.64 Å². The first-order valence-corrected chi connectivity index (χ1v) is 8.86. The van der Waals surface area contributed by atoms with Gasteiger partial charge in [0.05, 0.1) is 12.7 Å². The van der Waals surface area contributed by atoms with Crippen molar-refractivity contribution in [1.82, 2.24) is 4.90 Å². The largest absolute Gasteiger partial charge is 0.496 e. The SMILES string of the molecule is COc1ccc2c(c1-c1ccccc1)C(=O)N(Cc1ccccc1)CC2. The number of hydrogen-bond donors (Lipinski definition) is 0. The van der Waals surface area contributed by atoms with Gasteiger partial charge in [0.2, 0.25) is 0 Å². The van der Waals surface area contributed by atoms with Gasteiger partial charge in [0, 0.05) is 18.7 Å². The van der Waals surface area contributed by atoms with Gasteiger partial charge in [0.25, 0.3) is 5.91 Å². The van der Waals surface area contributed by atoms with E-state index in [1.165, 1.54) is 0 Å². The van der Waals surface area contributed by atoms with Crippen molar-refractivity contribution < 1.29 is 9.53 Å². The quantitative estimate of drug-likeness (QED) is 0.695. The fourth-order valence-electron chi connectivity index (χ4n) is 3.61. The van der Waals surface area contributed by atoms with Crippen LogP contribution in [0.25, 0.3) is 11.1 Å². The van der Waals surface area contributed by atoms with Crippen molar-refractivity contribution in [3.8, 4) is 16.9 Å². The van der Waals surface area contributed by atoms with Crippen molar-refractivity contribution in [2.75, 3.05) is 13.7 Å². The third-order valence-corrected chi connectivity index (χ3v) is 4.90. The maximum Gasteiger partial charge on any atom is 0.255 e. The molecule has 0 aromatic heterocycles. The summed E-state index contributed by atoms with van der Waals surface area (Å²) < 4.78 is 5.60. The Balaban J connectivity index is 1.78. The highest BCUT2D eigenvalue weighted by Gasteiger charge is 2.29. The Bertz CT molecular complexity index is 920. The first-order chi connectivity index (χ1) is 12.8. The fraction of sp³-hybridized carbons (Fsp3) is 0.174. The van der Waals surface area contributed by atoms with Crippen LogP contribution in [0.4, 0.5) is 0 Å². The average molecular weight is 343 g/mol. The number of carbonyl (C=O) groups excluding carboxylic acids is 1. The molecule has 1 heterocycles. The van der Waals surface area contributed by atoms with Crippen LogP contribution in [-0.4, -0.2) is 24.5 Å². The number of ether oxygens (including phenoxy) is 1. The average Bonchev–Trinajstić information content (AvgIpc) is 2.71. The zero-order chi connectivity index (χ0) is 17.9. The maximum atomic E-state index is 13.4. The highest BCUT2D eigenvalue weighted by atomic mass is 16.5. The highest BCUT2D eigenvalue weighted by molar-refractivity contribution is 6.04. The second-order valence-corrected chi connectivity index (χ2v) is 6.51. The standard InChI is InChI=1S/C23H21NO2/c1-26-20-13-12-19-14-15-24(16-17-8-4-2-5-9-17)23(25)22(19)21(20)18-10-6-3-7-11-18/h2-13H,14-16H2,1H3. The van der Waals surface area contributed by atoms with E-state index in [1.807, 2.05) is 65.6 Å². The lowest BCUT2D eigenvalue weighted by molar-refractivity contribution is 0.0727. The molecule has 1 aliphatic heterocycles. The lowest BCUT2D eigenvalue weighted by atomic mass is 9.89. The predicted molar refractivity (Wildman–Crippen MR) is 103 cm³/mol. The summed E-state index contributed by atoms with van der Waals surface area (Å²) in [5.74, 6) is 0.817. The van der Waals surface area contributed by atoms with E-state index in [9.17, 15) is 4.79 Å². The minimum atomic E-state index is 0.0767. The van der Waals surface area contributed by atoms with Gasteiger partial charge in [0.15, 0.2) is 0 Å². The summed E-state index contributed by atoms with van der Waals surface area (Å²) >= 11 is 0. The van der Waals surface area contributed by atoms with Gasteiger partial charge >= 0.3 is 0 Å². The van der Waals surface area contributed by atoms with Crippen LogP contribution in [0.2, 0.25) is 0 Å². The van der Waals surface area contributed by atoms with Gasteiger partial charge in [-0.2, -0.15) is 0 Å². The highest BCUT2D eigenvalue weighted by Crippen LogP contribution is 2.38. The van der Waals surface area contributed by atoms with Gasteiger partial charge in [-0.25, -0.2) is 0 Å². The Labute approximate surface area is 153 Å². The van der Waals surface area contributed by atoms with Gasteiger partial charge in [0.1, 0.15) is 5.75 Å². The van der Waals surface area contributed by atoms with Crippen molar-refractivity contribution in [3.63, 3.8) is 0 Å². The molecular formula is C23H21NO2. The summed E-state index contributed by atoms with van der Waals surface area (Å²) in [6.45, 7) is 1.37. The van der Waals surface area contributed by atoms with E-state index >= 15 is 0 Å². The van der Waals surface area contributed by atoms with E-state index in [0.717, 1.165) is 46.5 Å². The van der Waals surface area contributed by atoms with E-state index in [1.54, 1.807) is 7.11 Å². The van der Waals surface area contributed by atoms with E-state index in [4.69, 9.17) is 4.74 Å². The van der Waals surface area contributed by atoms with Crippen LogP contribution in [0.3, 0.4) is 0 Å². The van der Waals surface area contributed by atoms with Crippen LogP contribution >= 0.6 is 0 Å². The van der Waals surface area contributed by atoms with Gasteiger partial charge in [-0.15, -0.1) is 0 Å². The Hall–Kier alpha value is -3.07. The molecule has 0 spiro atoms. The zero-order valence-corrected chi connectivity index (χ0v) is 14.8. The number of methoxy groups -OCH3 is 1. The van der Waals surface area contributed by atoms with Crippen LogP contribution in [0.15, 0.2) is 72.8 Å². The molecule has 3 heteroatoms. The normalized spacial score (nSPS) is 13.4. The van der Waals surface area contributed by atoms with Gasteiger partial charge in [-0.3, -0.25) is 4.79 Å². The van der Waals surface area contributed by atoms with Crippen molar-refractivity contribution in [3.05, 3.63) is 89.5 Å². The molecule has 130 valence electrons. The predicted octanol–water partition coefficient (Wildman–Crippen LogP) is 4.56. The van der Waals surface area contributed by atoms with Gasteiger partial charge in [-0.05, 0) is 29.2 Å². The molecule has 0 atom stereocenters. The summed E-state index contributed by atoms with van der Waals surface area (Å²) in [7, 11) is 1.66. The molecule has 0 radical (unpaired) electrons. The summed E-state index contributed by atoms with van der Waals surface area (Å²) in [4.78, 5) is 15.3. The zero-order valence-electron chi connectivity index (χ0n) is 14.8. The van der Waals surface area contributed by atoms with E-state index in [-0.39, 0.29) is 5.91 Å². The van der Waals surface area contributed by atoms with Crippen LogP contribution in [-0.2, 0) is 13.0 Å². The Morgan fingerprint density at radius 2 is 1.58 bits per heavy atom. The summed E-state index contributed by atoms with van der Waals surface area (Å²) in [6.07, 6.45) is 0.859. The Morgan fingerprint density at radius 1 is 0.885 bits per heavy atom. The molecule has 0 N–H and O–H groups in total. The van der Waals surface area contributed by atoms with Gasteiger partial charge in [-0.1, -0.05) is 66.7 Å². The van der Waals surface area contributed by atoms with Crippen molar-refractivity contribution in [2.45, 2.75) is 13.0 Å². The maximum absolute atomic E-state index is 13.4. The second-order valence-electron chi connectivity index (χ2n) is 6.51. The number of amides is 1. The molecule has 0 aliphatic carbocycles. The van der Waals surface area contributed by atoms with E-state index in [2.05, 4.69) is 12.1 Å². The number of nitrogens with zero attached hydrogens (tertiary/aromatic N) is 1. The molecule has 0 fully saturated rings. The monoisotopic (exact) mass is 343 g/mol. The lowest BCUT2D eigenvalue weighted by Crippen LogP contribution is -2.37. The number of benzene rings is 3. The molecule has 3 aromatic rings. The Kier molecular flexibility index (Phi) is 4.44.